The highest BCUT2D eigenvalue weighted by Crippen LogP contribution is 2.25. The maximum absolute atomic E-state index is 13.8. The van der Waals surface area contributed by atoms with Crippen LogP contribution in [0.4, 0.5) is 9.18 Å². The van der Waals surface area contributed by atoms with Crippen LogP contribution in [0.2, 0.25) is 0 Å². The van der Waals surface area contributed by atoms with E-state index in [-0.39, 0.29) is 35.5 Å². The molecule has 1 saturated heterocycles. The first-order valence-electron chi connectivity index (χ1n) is 10.9. The molecule has 2 N–H and O–H groups in total. The maximum Gasteiger partial charge on any atom is 0.407 e. The number of nitrogens with zero attached hydrogens (tertiary/aromatic N) is 1. The fraction of sp³-hybridized carbons (Fsp3) is 0.682. The summed E-state index contributed by atoms with van der Waals surface area (Å²) in [5.74, 6) is 1.26. The number of alkyl carbamates (subject to hydrolysis) is 1. The lowest BCUT2D eigenvalue weighted by Gasteiger charge is -2.30. The summed E-state index contributed by atoms with van der Waals surface area (Å²) in [5.41, 5.74) is -0.406. The molecule has 1 aromatic rings. The molecular formula is C22H32FN3O4S. The van der Waals surface area contributed by atoms with E-state index in [1.165, 1.54) is 6.07 Å². The number of pyridine rings is 1. The second-order valence-electron chi connectivity index (χ2n) is 9.10. The molecule has 1 aromatic heterocycles. The Morgan fingerprint density at radius 1 is 1.06 bits per heavy atom. The van der Waals surface area contributed by atoms with Crippen LogP contribution in [0.15, 0.2) is 12.3 Å². The normalized spacial score (nSPS) is 22.5. The molecule has 7 nitrogen and oxygen atoms in total. The van der Waals surface area contributed by atoms with Crippen molar-refractivity contribution in [1.29, 1.82) is 0 Å². The average Bonchev–Trinajstić information content (AvgIpc) is 2.70. The Morgan fingerprint density at radius 2 is 1.68 bits per heavy atom. The van der Waals surface area contributed by atoms with Crippen LogP contribution in [0.3, 0.4) is 0 Å². The molecule has 2 fully saturated rings. The van der Waals surface area contributed by atoms with E-state index in [2.05, 4.69) is 15.6 Å². The average molecular weight is 454 g/mol. The quantitative estimate of drug-likeness (QED) is 0.699. The molecule has 172 valence electrons. The van der Waals surface area contributed by atoms with E-state index in [4.69, 9.17) is 9.47 Å². The summed E-state index contributed by atoms with van der Waals surface area (Å²) in [6.45, 7) is 5.47. The van der Waals surface area contributed by atoms with E-state index in [9.17, 15) is 14.0 Å². The molecule has 9 heteroatoms. The van der Waals surface area contributed by atoms with Crippen molar-refractivity contribution >= 4 is 23.8 Å². The Hall–Kier alpha value is -2.03. The second-order valence-corrected chi connectivity index (χ2v) is 10.3. The van der Waals surface area contributed by atoms with Crippen LogP contribution < -0.4 is 15.4 Å². The topological polar surface area (TPSA) is 89.6 Å². The fourth-order valence-electron chi connectivity index (χ4n) is 3.75. The van der Waals surface area contributed by atoms with E-state index < -0.39 is 17.5 Å². The third-order valence-corrected chi connectivity index (χ3v) is 6.34. The number of hydrogen-bond donors (Lipinski definition) is 2. The Kier molecular flexibility index (Phi) is 8.02. The predicted octanol–water partition coefficient (Wildman–Crippen LogP) is 4.06. The Morgan fingerprint density at radius 3 is 2.29 bits per heavy atom. The zero-order chi connectivity index (χ0) is 22.4. The van der Waals surface area contributed by atoms with Gasteiger partial charge in [0.25, 0.3) is 5.91 Å². The van der Waals surface area contributed by atoms with Gasteiger partial charge in [-0.2, -0.15) is 11.8 Å². The highest BCUT2D eigenvalue weighted by Gasteiger charge is 2.27. The first-order chi connectivity index (χ1) is 14.7. The number of hydrogen-bond acceptors (Lipinski definition) is 6. The van der Waals surface area contributed by atoms with E-state index in [1.807, 2.05) is 32.5 Å². The van der Waals surface area contributed by atoms with Crippen molar-refractivity contribution in [3.05, 3.63) is 23.6 Å². The van der Waals surface area contributed by atoms with Crippen molar-refractivity contribution in [2.45, 2.75) is 83.1 Å². The molecule has 0 aromatic carbocycles. The zero-order valence-electron chi connectivity index (χ0n) is 18.4. The van der Waals surface area contributed by atoms with Gasteiger partial charge in [0.15, 0.2) is 0 Å². The molecule has 1 saturated carbocycles. The second kappa shape index (κ2) is 10.5. The summed E-state index contributed by atoms with van der Waals surface area (Å²) in [6.07, 6.45) is 5.32. The third-order valence-electron chi connectivity index (χ3n) is 5.29. The van der Waals surface area contributed by atoms with Crippen LogP contribution in [-0.4, -0.2) is 52.3 Å². The van der Waals surface area contributed by atoms with Crippen LogP contribution >= 0.6 is 11.8 Å². The highest BCUT2D eigenvalue weighted by atomic mass is 32.2. The Bertz CT molecular complexity index is 773. The van der Waals surface area contributed by atoms with E-state index in [0.29, 0.717) is 12.8 Å². The molecule has 0 unspecified atom stereocenters. The fourth-order valence-corrected chi connectivity index (χ4v) is 4.82. The van der Waals surface area contributed by atoms with Crippen molar-refractivity contribution in [3.8, 4) is 5.88 Å². The summed E-state index contributed by atoms with van der Waals surface area (Å²) < 4.78 is 25.0. The molecule has 31 heavy (non-hydrogen) atoms. The van der Waals surface area contributed by atoms with Crippen LogP contribution in [0.5, 0.6) is 5.88 Å². The first kappa shape index (κ1) is 23.6. The van der Waals surface area contributed by atoms with Gasteiger partial charge >= 0.3 is 6.09 Å². The van der Waals surface area contributed by atoms with Crippen molar-refractivity contribution in [2.75, 3.05) is 11.5 Å². The van der Waals surface area contributed by atoms with Gasteiger partial charge in [0.1, 0.15) is 23.1 Å². The number of halogens is 1. The number of ether oxygens (including phenoxy) is 2. The molecule has 0 radical (unpaired) electrons. The predicted molar refractivity (Wildman–Crippen MR) is 118 cm³/mol. The summed E-state index contributed by atoms with van der Waals surface area (Å²) in [7, 11) is 0. The molecule has 1 aliphatic carbocycles. The van der Waals surface area contributed by atoms with Gasteiger partial charge in [0, 0.05) is 12.1 Å². The van der Waals surface area contributed by atoms with Crippen molar-refractivity contribution in [2.24, 2.45) is 0 Å². The van der Waals surface area contributed by atoms with Gasteiger partial charge in [-0.05, 0) is 76.9 Å². The number of amides is 2. The minimum absolute atomic E-state index is 0.000119. The van der Waals surface area contributed by atoms with E-state index in [0.717, 1.165) is 43.4 Å². The summed E-state index contributed by atoms with van der Waals surface area (Å²) in [5, 5.41) is 5.87. The number of aromatic nitrogens is 1. The van der Waals surface area contributed by atoms with Gasteiger partial charge in [0.2, 0.25) is 5.88 Å². The monoisotopic (exact) mass is 453 g/mol. The molecular weight excluding hydrogens is 421 g/mol. The van der Waals surface area contributed by atoms with Gasteiger partial charge in [-0.15, -0.1) is 0 Å². The van der Waals surface area contributed by atoms with Crippen molar-refractivity contribution < 1.29 is 23.5 Å². The van der Waals surface area contributed by atoms with Crippen LogP contribution in [-0.2, 0) is 4.74 Å². The number of thioether (sulfide) groups is 1. The molecule has 0 bridgehead atoms. The Balaban J connectivity index is 1.52. The summed E-state index contributed by atoms with van der Waals surface area (Å²) >= 11 is 1.88. The van der Waals surface area contributed by atoms with Gasteiger partial charge in [-0.3, -0.25) is 4.79 Å². The Labute approximate surface area is 187 Å². The minimum Gasteiger partial charge on any atom is -0.474 e. The lowest BCUT2D eigenvalue weighted by Crippen LogP contribution is -2.45. The summed E-state index contributed by atoms with van der Waals surface area (Å²) in [4.78, 5) is 28.8. The summed E-state index contributed by atoms with van der Waals surface area (Å²) in [6, 6.07) is 1.15. The smallest absolute Gasteiger partial charge is 0.407 e. The highest BCUT2D eigenvalue weighted by molar-refractivity contribution is 7.99. The molecule has 2 heterocycles. The number of nitrogens with one attached hydrogen (secondary N) is 2. The van der Waals surface area contributed by atoms with Gasteiger partial charge in [0.05, 0.1) is 6.20 Å². The van der Waals surface area contributed by atoms with Gasteiger partial charge in [-0.1, -0.05) is 0 Å². The third kappa shape index (κ3) is 7.55. The molecule has 0 atom stereocenters. The van der Waals surface area contributed by atoms with Crippen LogP contribution in [0.25, 0.3) is 0 Å². The number of rotatable bonds is 5. The van der Waals surface area contributed by atoms with E-state index >= 15 is 0 Å². The lowest BCUT2D eigenvalue weighted by molar-refractivity contribution is 0.0487. The van der Waals surface area contributed by atoms with Gasteiger partial charge < -0.3 is 20.1 Å². The van der Waals surface area contributed by atoms with E-state index in [1.54, 1.807) is 0 Å². The number of carbonyl (C=O) groups excluding carboxylic acids is 2. The molecule has 2 amide bonds. The molecule has 0 spiro atoms. The van der Waals surface area contributed by atoms with Crippen molar-refractivity contribution in [1.82, 2.24) is 15.6 Å². The maximum atomic E-state index is 13.8. The molecule has 1 aliphatic heterocycles. The van der Waals surface area contributed by atoms with Crippen molar-refractivity contribution in [3.63, 3.8) is 0 Å². The number of carbonyl (C=O) groups is 2. The lowest BCUT2D eigenvalue weighted by atomic mass is 9.91. The van der Waals surface area contributed by atoms with Crippen LogP contribution in [0, 0.1) is 5.82 Å². The van der Waals surface area contributed by atoms with Gasteiger partial charge in [-0.25, -0.2) is 14.2 Å². The standard InChI is InChI=1S/C22H32FN3O4S/c1-22(2,3)30-21(28)26-16-6-4-15(5-7-16)25-19(27)18-12-14(23)13-24-20(18)29-17-8-10-31-11-9-17/h12-13,15-17H,4-11H2,1-3H3,(H,25,27)(H,26,28). The molecule has 3 rings (SSSR count). The minimum atomic E-state index is -0.568. The van der Waals surface area contributed by atoms with Crippen LogP contribution in [0.1, 0.15) is 69.7 Å². The molecule has 2 aliphatic rings. The SMILES string of the molecule is CC(C)(C)OC(=O)NC1CCC(NC(=O)c2cc(F)cnc2OC2CCSCC2)CC1. The first-order valence-corrected chi connectivity index (χ1v) is 12.1. The largest absolute Gasteiger partial charge is 0.474 e. The zero-order valence-corrected chi connectivity index (χ0v) is 19.2.